The van der Waals surface area contributed by atoms with E-state index in [0.29, 0.717) is 17.4 Å². The molecule has 0 aromatic rings. The van der Waals surface area contributed by atoms with Crippen LogP contribution in [0.2, 0.25) is 0 Å². The van der Waals surface area contributed by atoms with Gasteiger partial charge in [0.1, 0.15) is 19.8 Å². The Labute approximate surface area is 344 Å². The van der Waals surface area contributed by atoms with Gasteiger partial charge in [-0.25, -0.2) is 0 Å². The summed E-state index contributed by atoms with van der Waals surface area (Å²) in [5, 5.41) is 0. The molecule has 0 aromatic carbocycles. The number of hydrogen-bond acceptors (Lipinski definition) is 8. The molecule has 10 heteroatoms. The number of carbonyl (C=O) groups excluding carboxylic acids is 2. The van der Waals surface area contributed by atoms with E-state index < -0.39 is 26.5 Å². The summed E-state index contributed by atoms with van der Waals surface area (Å²) < 4.78 is 33.9. The summed E-state index contributed by atoms with van der Waals surface area (Å²) in [5.41, 5.74) is 0. The Balaban J connectivity index is 4.31. The van der Waals surface area contributed by atoms with Crippen molar-refractivity contribution in [1.82, 2.24) is 0 Å². The van der Waals surface area contributed by atoms with Crippen molar-refractivity contribution < 1.29 is 42.1 Å². The molecule has 0 aliphatic rings. The van der Waals surface area contributed by atoms with Crippen molar-refractivity contribution in [2.24, 2.45) is 0 Å². The highest BCUT2D eigenvalue weighted by molar-refractivity contribution is 7.45. The maximum absolute atomic E-state index is 12.7. The Kier molecular flexibility index (Phi) is 37.5. The van der Waals surface area contributed by atoms with Crippen molar-refractivity contribution in [1.29, 1.82) is 0 Å². The number of nitrogens with zero attached hydrogens (tertiary/aromatic N) is 1. The zero-order valence-electron chi connectivity index (χ0n) is 36.8. The number of likely N-dealkylation sites (N-methyl/N-ethyl adjacent to an activating group) is 1. The van der Waals surface area contributed by atoms with E-state index in [2.05, 4.69) is 50.3 Å². The number of quaternary nitrogens is 1. The number of unbranched alkanes of at least 4 members (excludes halogenated alkanes) is 21. The van der Waals surface area contributed by atoms with Gasteiger partial charge in [-0.05, 0) is 70.6 Å². The van der Waals surface area contributed by atoms with Crippen LogP contribution in [0.1, 0.15) is 194 Å². The fourth-order valence-electron chi connectivity index (χ4n) is 6.03. The van der Waals surface area contributed by atoms with E-state index in [1.807, 2.05) is 21.1 Å². The lowest BCUT2D eigenvalue weighted by atomic mass is 10.1. The van der Waals surface area contributed by atoms with Crippen LogP contribution in [0, 0.1) is 0 Å². The predicted molar refractivity (Wildman–Crippen MR) is 231 cm³/mol. The van der Waals surface area contributed by atoms with Gasteiger partial charge < -0.3 is 27.9 Å². The van der Waals surface area contributed by atoms with E-state index in [1.54, 1.807) is 0 Å². The van der Waals surface area contributed by atoms with Gasteiger partial charge in [0, 0.05) is 12.8 Å². The van der Waals surface area contributed by atoms with Crippen molar-refractivity contribution in [2.45, 2.75) is 200 Å². The summed E-state index contributed by atoms with van der Waals surface area (Å²) in [6.07, 6.45) is 43.1. The third kappa shape index (κ3) is 41.9. The molecule has 0 amide bonds. The van der Waals surface area contributed by atoms with Crippen molar-refractivity contribution in [2.75, 3.05) is 47.5 Å². The number of esters is 2. The number of ether oxygens (including phenoxy) is 2. The van der Waals surface area contributed by atoms with E-state index in [-0.39, 0.29) is 32.0 Å². The molecule has 0 fully saturated rings. The topological polar surface area (TPSA) is 111 Å². The second-order valence-electron chi connectivity index (χ2n) is 16.4. The Bertz CT molecular complexity index is 1050. The second kappa shape index (κ2) is 38.7. The molecule has 9 nitrogen and oxygen atoms in total. The summed E-state index contributed by atoms with van der Waals surface area (Å²) in [7, 11) is 1.16. The molecule has 0 bridgehead atoms. The molecular weight excluding hydrogens is 725 g/mol. The lowest BCUT2D eigenvalue weighted by Gasteiger charge is -2.28. The van der Waals surface area contributed by atoms with Crippen LogP contribution < -0.4 is 4.89 Å². The first-order valence-corrected chi connectivity index (χ1v) is 24.2. The highest BCUT2D eigenvalue weighted by Crippen LogP contribution is 2.38. The Morgan fingerprint density at radius 1 is 0.554 bits per heavy atom. The molecule has 0 N–H and O–H groups in total. The summed E-state index contributed by atoms with van der Waals surface area (Å²) >= 11 is 0. The van der Waals surface area contributed by atoms with Crippen molar-refractivity contribution in [3.63, 3.8) is 0 Å². The monoisotopic (exact) mass is 812 g/mol. The molecule has 0 rings (SSSR count). The Morgan fingerprint density at radius 2 is 0.964 bits per heavy atom. The molecule has 0 aliphatic heterocycles. The fraction of sp³-hybridized carbons (Fsp3) is 0.826. The zero-order valence-corrected chi connectivity index (χ0v) is 37.7. The second-order valence-corrected chi connectivity index (χ2v) is 17.8. The van der Waals surface area contributed by atoms with Crippen LogP contribution in [-0.4, -0.2) is 70.0 Å². The minimum atomic E-state index is -4.63. The maximum Gasteiger partial charge on any atom is 0.306 e. The molecule has 0 aromatic heterocycles. The highest BCUT2D eigenvalue weighted by Gasteiger charge is 2.21. The maximum atomic E-state index is 12.7. The van der Waals surface area contributed by atoms with Gasteiger partial charge in [-0.1, -0.05) is 147 Å². The van der Waals surface area contributed by atoms with Crippen LogP contribution >= 0.6 is 7.82 Å². The summed E-state index contributed by atoms with van der Waals surface area (Å²) in [4.78, 5) is 37.5. The SMILES string of the molecule is CCCCC/C=C/C/C=C/CCCCCCCCCCCC(=O)OC[C@@H](COP(=O)([O-])OCC[N+](C)(C)C)OC(=O)CCCCCCC/C=C/CCCCCC. The molecular formula is C46H86NO8P. The first-order valence-electron chi connectivity index (χ1n) is 22.7. The van der Waals surface area contributed by atoms with Gasteiger partial charge >= 0.3 is 11.9 Å². The van der Waals surface area contributed by atoms with E-state index in [9.17, 15) is 19.0 Å². The standard InChI is InChI=1S/C46H86NO8P/c1-6-8-10-12-14-16-18-20-21-22-23-24-25-27-28-30-32-34-36-38-45(48)52-42-44(43-54-56(50,51)53-41-40-47(3,4)5)55-46(49)39-37-35-33-31-29-26-19-17-15-13-11-9-7-2/h14,16-17,19-21,44H,6-13,15,18,22-43H2,1-5H3/b16-14+,19-17+,21-20+/t44-/m0/s1. The third-order valence-electron chi connectivity index (χ3n) is 9.63. The molecule has 56 heavy (non-hydrogen) atoms. The zero-order chi connectivity index (χ0) is 41.4. The van der Waals surface area contributed by atoms with Crippen LogP contribution in [-0.2, 0) is 32.7 Å². The smallest absolute Gasteiger partial charge is 0.306 e. The molecule has 0 heterocycles. The number of hydrogen-bond donors (Lipinski definition) is 0. The minimum absolute atomic E-state index is 0.0331. The number of allylic oxidation sites excluding steroid dienone is 6. The summed E-state index contributed by atoms with van der Waals surface area (Å²) in [6, 6.07) is 0. The number of rotatable bonds is 41. The van der Waals surface area contributed by atoms with Crippen molar-refractivity contribution >= 4 is 19.8 Å². The van der Waals surface area contributed by atoms with Gasteiger partial charge in [0.25, 0.3) is 7.82 Å². The summed E-state index contributed by atoms with van der Waals surface area (Å²) in [5.74, 6) is -0.848. The first-order chi connectivity index (χ1) is 27.0. The van der Waals surface area contributed by atoms with Gasteiger partial charge in [-0.3, -0.25) is 14.2 Å². The fourth-order valence-corrected chi connectivity index (χ4v) is 6.76. The van der Waals surface area contributed by atoms with Crippen molar-refractivity contribution in [3.8, 4) is 0 Å². The number of phosphoric ester groups is 1. The van der Waals surface area contributed by atoms with Gasteiger partial charge in [0.2, 0.25) is 0 Å². The van der Waals surface area contributed by atoms with Crippen LogP contribution in [0.3, 0.4) is 0 Å². The average Bonchev–Trinajstić information content (AvgIpc) is 3.15. The molecule has 0 aliphatic carbocycles. The van der Waals surface area contributed by atoms with Crippen molar-refractivity contribution in [3.05, 3.63) is 36.5 Å². The van der Waals surface area contributed by atoms with E-state index in [1.165, 1.54) is 96.3 Å². The predicted octanol–water partition coefficient (Wildman–Crippen LogP) is 12.3. The number of carbonyl (C=O) groups is 2. The first kappa shape index (κ1) is 54.2. The quantitative estimate of drug-likeness (QED) is 0.0197. The third-order valence-corrected chi connectivity index (χ3v) is 10.6. The summed E-state index contributed by atoms with van der Waals surface area (Å²) in [6.45, 7) is 4.18. The van der Waals surface area contributed by atoms with Crippen LogP contribution in [0.4, 0.5) is 0 Å². The average molecular weight is 812 g/mol. The van der Waals surface area contributed by atoms with Crippen LogP contribution in [0.5, 0.6) is 0 Å². The van der Waals surface area contributed by atoms with Gasteiger partial charge in [-0.15, -0.1) is 0 Å². The molecule has 0 saturated heterocycles. The van der Waals surface area contributed by atoms with E-state index in [4.69, 9.17) is 18.5 Å². The van der Waals surface area contributed by atoms with E-state index in [0.717, 1.165) is 64.2 Å². The normalized spacial score (nSPS) is 13.9. The molecule has 0 spiro atoms. The van der Waals surface area contributed by atoms with Gasteiger partial charge in [0.05, 0.1) is 27.7 Å². The lowest BCUT2D eigenvalue weighted by Crippen LogP contribution is -2.37. The molecule has 1 unspecified atom stereocenters. The molecule has 2 atom stereocenters. The van der Waals surface area contributed by atoms with Gasteiger partial charge in [-0.2, -0.15) is 0 Å². The lowest BCUT2D eigenvalue weighted by molar-refractivity contribution is -0.870. The molecule has 0 saturated carbocycles. The largest absolute Gasteiger partial charge is 0.756 e. The molecule has 0 radical (unpaired) electrons. The number of phosphoric acid groups is 1. The van der Waals surface area contributed by atoms with Crippen LogP contribution in [0.25, 0.3) is 0 Å². The van der Waals surface area contributed by atoms with Crippen LogP contribution in [0.15, 0.2) is 36.5 Å². The minimum Gasteiger partial charge on any atom is -0.756 e. The van der Waals surface area contributed by atoms with E-state index >= 15 is 0 Å². The Hall–Kier alpha value is -1.77. The Morgan fingerprint density at radius 3 is 1.46 bits per heavy atom. The highest BCUT2D eigenvalue weighted by atomic mass is 31.2. The van der Waals surface area contributed by atoms with Gasteiger partial charge in [0.15, 0.2) is 6.10 Å². The molecule has 328 valence electrons.